The van der Waals surface area contributed by atoms with Crippen LogP contribution in [0.25, 0.3) is 22.6 Å². The number of hydrogen-bond donors (Lipinski definition) is 2. The summed E-state index contributed by atoms with van der Waals surface area (Å²) in [4.78, 5) is 18.8. The van der Waals surface area contributed by atoms with Crippen molar-refractivity contribution < 1.29 is 5.11 Å². The van der Waals surface area contributed by atoms with Gasteiger partial charge in [-0.3, -0.25) is 0 Å². The fourth-order valence-corrected chi connectivity index (χ4v) is 3.05. The standard InChI is InChI=1S/C21H21N5O/c1-14-3-5-15(6-4-14)11-26(2)21-18-20(22-13-23-21)25-19(24-18)17-9-7-16(12-27)8-10-17/h3-10,13,27H,11-12H2,1-2H3,(H,22,23,24,25). The summed E-state index contributed by atoms with van der Waals surface area (Å²) in [5.41, 5.74) is 5.72. The lowest BCUT2D eigenvalue weighted by molar-refractivity contribution is 0.282. The number of aliphatic hydroxyl groups is 1. The molecule has 4 aromatic rings. The Kier molecular flexibility index (Phi) is 4.56. The second kappa shape index (κ2) is 7.17. The van der Waals surface area contributed by atoms with E-state index in [1.807, 2.05) is 31.3 Å². The van der Waals surface area contributed by atoms with E-state index in [-0.39, 0.29) is 6.61 Å². The van der Waals surface area contributed by atoms with Crippen LogP contribution in [0, 0.1) is 6.92 Å². The molecule has 0 aliphatic rings. The van der Waals surface area contributed by atoms with E-state index >= 15 is 0 Å². The molecule has 2 aromatic heterocycles. The Hall–Kier alpha value is -3.25. The molecule has 0 aliphatic carbocycles. The second-order valence-electron chi connectivity index (χ2n) is 6.68. The van der Waals surface area contributed by atoms with Crippen LogP contribution in [0.15, 0.2) is 54.9 Å². The van der Waals surface area contributed by atoms with Crippen molar-refractivity contribution in [2.75, 3.05) is 11.9 Å². The molecule has 0 bridgehead atoms. The number of fused-ring (bicyclic) bond motifs is 1. The lowest BCUT2D eigenvalue weighted by Crippen LogP contribution is -2.18. The van der Waals surface area contributed by atoms with Gasteiger partial charge in [-0.2, -0.15) is 0 Å². The summed E-state index contributed by atoms with van der Waals surface area (Å²) in [6.45, 7) is 2.85. The molecule has 0 atom stereocenters. The van der Waals surface area contributed by atoms with E-state index in [2.05, 4.69) is 56.0 Å². The highest BCUT2D eigenvalue weighted by atomic mass is 16.3. The van der Waals surface area contributed by atoms with Crippen molar-refractivity contribution in [2.24, 2.45) is 0 Å². The van der Waals surface area contributed by atoms with Crippen molar-refractivity contribution >= 4 is 17.0 Å². The zero-order chi connectivity index (χ0) is 18.8. The van der Waals surface area contributed by atoms with Crippen molar-refractivity contribution in [3.8, 4) is 11.4 Å². The second-order valence-corrected chi connectivity index (χ2v) is 6.68. The highest BCUT2D eigenvalue weighted by Crippen LogP contribution is 2.25. The van der Waals surface area contributed by atoms with Crippen LogP contribution >= 0.6 is 0 Å². The summed E-state index contributed by atoms with van der Waals surface area (Å²) < 4.78 is 0. The Morgan fingerprint density at radius 2 is 1.67 bits per heavy atom. The van der Waals surface area contributed by atoms with Crippen molar-refractivity contribution in [2.45, 2.75) is 20.1 Å². The van der Waals surface area contributed by atoms with E-state index in [0.717, 1.165) is 34.8 Å². The lowest BCUT2D eigenvalue weighted by Gasteiger charge is -2.18. The molecule has 0 saturated heterocycles. The molecule has 0 unspecified atom stereocenters. The van der Waals surface area contributed by atoms with Gasteiger partial charge >= 0.3 is 0 Å². The molecule has 6 nitrogen and oxygen atoms in total. The van der Waals surface area contributed by atoms with Crippen LogP contribution in [0.2, 0.25) is 0 Å². The quantitative estimate of drug-likeness (QED) is 0.571. The average molecular weight is 359 g/mol. The minimum atomic E-state index is 0.0276. The Balaban J connectivity index is 1.66. The molecule has 0 radical (unpaired) electrons. The van der Waals surface area contributed by atoms with Crippen molar-refractivity contribution in [3.05, 3.63) is 71.5 Å². The summed E-state index contributed by atoms with van der Waals surface area (Å²) in [7, 11) is 2.01. The van der Waals surface area contributed by atoms with E-state index in [0.29, 0.717) is 5.65 Å². The molecule has 6 heteroatoms. The maximum absolute atomic E-state index is 9.20. The van der Waals surface area contributed by atoms with Crippen molar-refractivity contribution in [1.82, 2.24) is 19.9 Å². The maximum atomic E-state index is 9.20. The van der Waals surface area contributed by atoms with Gasteiger partial charge in [-0.1, -0.05) is 54.1 Å². The topological polar surface area (TPSA) is 77.9 Å². The number of imidazole rings is 1. The molecule has 0 spiro atoms. The van der Waals surface area contributed by atoms with Crippen LogP contribution in [0.4, 0.5) is 5.82 Å². The number of benzene rings is 2. The lowest BCUT2D eigenvalue weighted by atomic mass is 10.1. The SMILES string of the molecule is Cc1ccc(CN(C)c2ncnc3nc(-c4ccc(CO)cc4)[nH]c23)cc1. The molecule has 0 saturated carbocycles. The molecule has 0 fully saturated rings. The van der Waals surface area contributed by atoms with Crippen LogP contribution in [0.3, 0.4) is 0 Å². The zero-order valence-electron chi connectivity index (χ0n) is 15.3. The number of anilines is 1. The number of aryl methyl sites for hydroxylation is 1. The number of nitrogens with one attached hydrogen (secondary N) is 1. The molecule has 2 aromatic carbocycles. The van der Waals surface area contributed by atoms with Crippen molar-refractivity contribution in [1.29, 1.82) is 0 Å². The highest BCUT2D eigenvalue weighted by molar-refractivity contribution is 5.85. The van der Waals surface area contributed by atoms with E-state index < -0.39 is 0 Å². The van der Waals surface area contributed by atoms with Gasteiger partial charge in [-0.25, -0.2) is 15.0 Å². The molecule has 4 rings (SSSR count). The van der Waals surface area contributed by atoms with E-state index in [9.17, 15) is 5.11 Å². The Morgan fingerprint density at radius 3 is 2.37 bits per heavy atom. The number of aromatic amines is 1. The number of aromatic nitrogens is 4. The Bertz CT molecular complexity index is 1050. The number of nitrogens with zero attached hydrogens (tertiary/aromatic N) is 4. The summed E-state index contributed by atoms with van der Waals surface area (Å²) in [5.74, 6) is 1.55. The third-order valence-electron chi connectivity index (χ3n) is 4.58. The van der Waals surface area contributed by atoms with E-state index in [1.54, 1.807) is 6.33 Å². The average Bonchev–Trinajstić information content (AvgIpc) is 3.14. The van der Waals surface area contributed by atoms with Crippen LogP contribution in [-0.2, 0) is 13.2 Å². The highest BCUT2D eigenvalue weighted by Gasteiger charge is 2.14. The summed E-state index contributed by atoms with van der Waals surface area (Å²) in [6, 6.07) is 16.1. The molecule has 136 valence electrons. The van der Waals surface area contributed by atoms with Gasteiger partial charge in [0.1, 0.15) is 17.7 Å². The fraction of sp³-hybridized carbons (Fsp3) is 0.190. The predicted octanol–water partition coefficient (Wildman–Crippen LogP) is 3.46. The number of aliphatic hydroxyl groups excluding tert-OH is 1. The third-order valence-corrected chi connectivity index (χ3v) is 4.58. The van der Waals surface area contributed by atoms with Gasteiger partial charge in [-0.05, 0) is 18.1 Å². The number of H-pyrrole nitrogens is 1. The molecular weight excluding hydrogens is 338 g/mol. The van der Waals surface area contributed by atoms with Crippen LogP contribution < -0.4 is 4.90 Å². The van der Waals surface area contributed by atoms with Crippen LogP contribution in [-0.4, -0.2) is 32.1 Å². The molecule has 27 heavy (non-hydrogen) atoms. The summed E-state index contributed by atoms with van der Waals surface area (Å²) >= 11 is 0. The summed E-state index contributed by atoms with van der Waals surface area (Å²) in [6.07, 6.45) is 1.54. The van der Waals surface area contributed by atoms with Crippen LogP contribution in [0.1, 0.15) is 16.7 Å². The smallest absolute Gasteiger partial charge is 0.183 e. The monoisotopic (exact) mass is 359 g/mol. The van der Waals surface area contributed by atoms with Gasteiger partial charge in [0.15, 0.2) is 11.5 Å². The first-order chi connectivity index (χ1) is 13.1. The number of hydrogen-bond acceptors (Lipinski definition) is 5. The van der Waals surface area contributed by atoms with Gasteiger partial charge in [0.2, 0.25) is 0 Å². The first kappa shape index (κ1) is 17.2. The first-order valence-corrected chi connectivity index (χ1v) is 8.81. The third kappa shape index (κ3) is 3.52. The van der Waals surface area contributed by atoms with E-state index in [4.69, 9.17) is 0 Å². The van der Waals surface area contributed by atoms with Gasteiger partial charge in [0.05, 0.1) is 6.61 Å². The van der Waals surface area contributed by atoms with Gasteiger partial charge in [0, 0.05) is 19.2 Å². The molecule has 2 heterocycles. The minimum Gasteiger partial charge on any atom is -0.392 e. The van der Waals surface area contributed by atoms with Gasteiger partial charge < -0.3 is 15.0 Å². The molecular formula is C21H21N5O. The first-order valence-electron chi connectivity index (χ1n) is 8.81. The molecule has 0 amide bonds. The van der Waals surface area contributed by atoms with Crippen LogP contribution in [0.5, 0.6) is 0 Å². The number of rotatable bonds is 5. The summed E-state index contributed by atoms with van der Waals surface area (Å²) in [5, 5.41) is 9.20. The normalized spacial score (nSPS) is 11.1. The minimum absolute atomic E-state index is 0.0276. The molecule has 2 N–H and O–H groups in total. The Labute approximate surface area is 157 Å². The maximum Gasteiger partial charge on any atom is 0.183 e. The van der Waals surface area contributed by atoms with Gasteiger partial charge in [0.25, 0.3) is 0 Å². The Morgan fingerprint density at radius 1 is 0.963 bits per heavy atom. The van der Waals surface area contributed by atoms with Crippen molar-refractivity contribution in [3.63, 3.8) is 0 Å². The van der Waals surface area contributed by atoms with E-state index in [1.165, 1.54) is 11.1 Å². The fourth-order valence-electron chi connectivity index (χ4n) is 3.05. The largest absolute Gasteiger partial charge is 0.392 e. The predicted molar refractivity (Wildman–Crippen MR) is 106 cm³/mol. The molecule has 0 aliphatic heterocycles. The zero-order valence-corrected chi connectivity index (χ0v) is 15.3. The van der Waals surface area contributed by atoms with Gasteiger partial charge in [-0.15, -0.1) is 0 Å².